The number of anilines is 3. The molecule has 1 aromatic heterocycles. The summed E-state index contributed by atoms with van der Waals surface area (Å²) in [6, 6.07) is 7.55. The van der Waals surface area contributed by atoms with E-state index in [1.807, 2.05) is 31.2 Å². The maximum Gasteiger partial charge on any atom is 0.248 e. The van der Waals surface area contributed by atoms with Gasteiger partial charge < -0.3 is 26.0 Å². The quantitative estimate of drug-likeness (QED) is 0.478. The van der Waals surface area contributed by atoms with Gasteiger partial charge in [0.2, 0.25) is 17.8 Å². The van der Waals surface area contributed by atoms with E-state index in [1.165, 1.54) is 6.08 Å². The number of para-hydroxylation sites is 1. The highest BCUT2D eigenvalue weighted by atomic mass is 16.3. The summed E-state index contributed by atoms with van der Waals surface area (Å²) in [5.41, 5.74) is 2.51. The molecule has 3 rings (SSSR count). The van der Waals surface area contributed by atoms with E-state index in [0.717, 1.165) is 24.0 Å². The fraction of sp³-hybridized carbons (Fsp3) is 0.364. The number of carbonyl (C=O) groups is 2. The van der Waals surface area contributed by atoms with Crippen molar-refractivity contribution >= 4 is 29.3 Å². The van der Waals surface area contributed by atoms with Crippen LogP contribution in [0.25, 0.3) is 0 Å². The number of piperidine rings is 1. The van der Waals surface area contributed by atoms with Crippen molar-refractivity contribution in [1.29, 1.82) is 0 Å². The summed E-state index contributed by atoms with van der Waals surface area (Å²) in [5.74, 6) is 0.630. The lowest BCUT2D eigenvalue weighted by Gasteiger charge is -2.32. The van der Waals surface area contributed by atoms with E-state index in [0.29, 0.717) is 37.1 Å². The van der Waals surface area contributed by atoms with Gasteiger partial charge >= 0.3 is 0 Å². The van der Waals surface area contributed by atoms with Crippen molar-refractivity contribution < 1.29 is 14.7 Å². The molecule has 2 amide bonds. The molecule has 0 unspecified atom stereocenters. The fourth-order valence-electron chi connectivity index (χ4n) is 3.45. The Kier molecular flexibility index (Phi) is 7.55. The third-order valence-electron chi connectivity index (χ3n) is 5.12. The Labute approximate surface area is 181 Å². The molecule has 1 aliphatic heterocycles. The molecule has 0 radical (unpaired) electrons. The second-order valence-corrected chi connectivity index (χ2v) is 7.41. The molecule has 9 nitrogen and oxygen atoms in total. The summed E-state index contributed by atoms with van der Waals surface area (Å²) in [5, 5.41) is 18.5. The highest BCUT2D eigenvalue weighted by molar-refractivity contribution is 5.99. The first-order chi connectivity index (χ1) is 15.0. The normalized spacial score (nSPS) is 15.8. The number of carbonyl (C=O) groups excluding carboxylic acids is 2. The molecule has 1 aliphatic rings. The van der Waals surface area contributed by atoms with Crippen LogP contribution in [0.2, 0.25) is 0 Å². The Balaban J connectivity index is 1.66. The molecule has 2 aromatic rings. The molecule has 4 N–H and O–H groups in total. The Morgan fingerprint density at radius 1 is 1.35 bits per heavy atom. The van der Waals surface area contributed by atoms with E-state index in [4.69, 9.17) is 5.11 Å². The lowest BCUT2D eigenvalue weighted by Crippen LogP contribution is -2.46. The zero-order valence-electron chi connectivity index (χ0n) is 17.6. The predicted molar refractivity (Wildman–Crippen MR) is 120 cm³/mol. The smallest absolute Gasteiger partial charge is 0.248 e. The van der Waals surface area contributed by atoms with E-state index >= 15 is 0 Å². The zero-order chi connectivity index (χ0) is 22.2. The summed E-state index contributed by atoms with van der Waals surface area (Å²) in [7, 11) is 0. The molecule has 1 saturated heterocycles. The van der Waals surface area contributed by atoms with E-state index < -0.39 is 6.61 Å². The average Bonchev–Trinajstić information content (AvgIpc) is 2.79. The van der Waals surface area contributed by atoms with Gasteiger partial charge in [0.05, 0.1) is 0 Å². The third kappa shape index (κ3) is 6.02. The van der Waals surface area contributed by atoms with Crippen molar-refractivity contribution in [1.82, 2.24) is 14.9 Å². The van der Waals surface area contributed by atoms with Crippen molar-refractivity contribution in [3.63, 3.8) is 0 Å². The van der Waals surface area contributed by atoms with E-state index in [-0.39, 0.29) is 17.9 Å². The molecule has 0 bridgehead atoms. The third-order valence-corrected chi connectivity index (χ3v) is 5.12. The van der Waals surface area contributed by atoms with Gasteiger partial charge in [0.15, 0.2) is 0 Å². The number of aryl methyl sites for hydroxylation is 1. The Hall–Kier alpha value is -3.46. The van der Waals surface area contributed by atoms with Gasteiger partial charge in [-0.15, -0.1) is 0 Å². The van der Waals surface area contributed by atoms with Gasteiger partial charge in [0.1, 0.15) is 12.4 Å². The SMILES string of the molecule is C=CC(=O)Nc1ccccc1CNc1nc(N[C@H]2CCCN(C(=O)CO)C2)ncc1C. The van der Waals surface area contributed by atoms with Gasteiger partial charge in [-0.3, -0.25) is 9.59 Å². The standard InChI is InChI=1S/C22H28N6O3/c1-3-19(30)26-18-9-5-4-7-16(18)12-23-21-15(2)11-24-22(27-21)25-17-8-6-10-28(13-17)20(31)14-29/h3-5,7,9,11,17,29H,1,6,8,10,12-14H2,2H3,(H,26,30)(H2,23,24,25,27)/t17-/m0/s1. The first kappa shape index (κ1) is 22.2. The van der Waals surface area contributed by atoms with Crippen LogP contribution in [0.15, 0.2) is 43.1 Å². The summed E-state index contributed by atoms with van der Waals surface area (Å²) in [4.78, 5) is 34.0. The molecule has 0 aliphatic carbocycles. The summed E-state index contributed by atoms with van der Waals surface area (Å²) in [6.45, 7) is 6.55. The number of hydrogen-bond donors (Lipinski definition) is 4. The Morgan fingerprint density at radius 2 is 2.16 bits per heavy atom. The number of aromatic nitrogens is 2. The molecular weight excluding hydrogens is 396 g/mol. The number of aliphatic hydroxyl groups is 1. The molecule has 9 heteroatoms. The molecule has 1 atom stereocenters. The van der Waals surface area contributed by atoms with Crippen molar-refractivity contribution in [3.05, 3.63) is 54.2 Å². The Morgan fingerprint density at radius 3 is 2.94 bits per heavy atom. The van der Waals surface area contributed by atoms with Crippen LogP contribution in [0, 0.1) is 6.92 Å². The summed E-state index contributed by atoms with van der Waals surface area (Å²) < 4.78 is 0. The van der Waals surface area contributed by atoms with E-state index in [9.17, 15) is 9.59 Å². The van der Waals surface area contributed by atoms with Gasteiger partial charge in [0, 0.05) is 43.1 Å². The minimum atomic E-state index is -0.476. The zero-order valence-corrected chi connectivity index (χ0v) is 17.6. The largest absolute Gasteiger partial charge is 0.387 e. The van der Waals surface area contributed by atoms with Crippen LogP contribution in [-0.4, -0.2) is 57.5 Å². The molecule has 31 heavy (non-hydrogen) atoms. The highest BCUT2D eigenvalue weighted by Crippen LogP contribution is 2.20. The lowest BCUT2D eigenvalue weighted by atomic mass is 10.1. The minimum absolute atomic E-state index is 0.0228. The topological polar surface area (TPSA) is 119 Å². The number of aliphatic hydroxyl groups excluding tert-OH is 1. The molecule has 1 aromatic carbocycles. The second kappa shape index (κ2) is 10.5. The number of rotatable bonds is 8. The molecule has 0 saturated carbocycles. The van der Waals surface area contributed by atoms with Gasteiger partial charge in [0.25, 0.3) is 0 Å². The van der Waals surface area contributed by atoms with Gasteiger partial charge in [-0.1, -0.05) is 24.8 Å². The number of amides is 2. The van der Waals surface area contributed by atoms with Crippen LogP contribution in [-0.2, 0) is 16.1 Å². The maximum absolute atomic E-state index is 11.8. The highest BCUT2D eigenvalue weighted by Gasteiger charge is 2.23. The van der Waals surface area contributed by atoms with Crippen molar-refractivity contribution in [3.8, 4) is 0 Å². The lowest BCUT2D eigenvalue weighted by molar-refractivity contribution is -0.135. The number of nitrogens with one attached hydrogen (secondary N) is 3. The Bertz CT molecular complexity index is 949. The molecule has 164 valence electrons. The van der Waals surface area contributed by atoms with Crippen LogP contribution in [0.1, 0.15) is 24.0 Å². The van der Waals surface area contributed by atoms with Gasteiger partial charge in [-0.2, -0.15) is 4.98 Å². The first-order valence-corrected chi connectivity index (χ1v) is 10.2. The molecule has 1 fully saturated rings. The number of benzene rings is 1. The van der Waals surface area contributed by atoms with Gasteiger partial charge in [-0.25, -0.2) is 4.98 Å². The van der Waals surface area contributed by atoms with Crippen LogP contribution in [0.5, 0.6) is 0 Å². The molecule has 0 spiro atoms. The van der Waals surface area contributed by atoms with Gasteiger partial charge in [-0.05, 0) is 37.5 Å². The average molecular weight is 425 g/mol. The number of likely N-dealkylation sites (tertiary alicyclic amines) is 1. The first-order valence-electron chi connectivity index (χ1n) is 10.2. The van der Waals surface area contributed by atoms with Crippen molar-refractivity contribution in [2.24, 2.45) is 0 Å². The van der Waals surface area contributed by atoms with Crippen LogP contribution in [0.4, 0.5) is 17.5 Å². The maximum atomic E-state index is 11.8. The van der Waals surface area contributed by atoms with Crippen molar-refractivity contribution in [2.45, 2.75) is 32.4 Å². The number of hydrogen-bond acceptors (Lipinski definition) is 7. The monoisotopic (exact) mass is 424 g/mol. The van der Waals surface area contributed by atoms with E-state index in [1.54, 1.807) is 11.1 Å². The summed E-state index contributed by atoms with van der Waals surface area (Å²) in [6.07, 6.45) is 4.72. The van der Waals surface area contributed by atoms with Crippen LogP contribution in [0.3, 0.4) is 0 Å². The predicted octanol–water partition coefficient (Wildman–Crippen LogP) is 1.92. The minimum Gasteiger partial charge on any atom is -0.387 e. The summed E-state index contributed by atoms with van der Waals surface area (Å²) >= 11 is 0. The van der Waals surface area contributed by atoms with Crippen LogP contribution >= 0.6 is 0 Å². The molecular formula is C22H28N6O3. The fourth-order valence-corrected chi connectivity index (χ4v) is 3.45. The van der Waals surface area contributed by atoms with Crippen LogP contribution < -0.4 is 16.0 Å². The second-order valence-electron chi connectivity index (χ2n) is 7.41. The van der Waals surface area contributed by atoms with Crippen molar-refractivity contribution in [2.75, 3.05) is 35.6 Å². The van der Waals surface area contributed by atoms with E-state index in [2.05, 4.69) is 32.5 Å². The number of nitrogens with zero attached hydrogens (tertiary/aromatic N) is 3. The molecule has 2 heterocycles.